The summed E-state index contributed by atoms with van der Waals surface area (Å²) in [6.45, 7) is 0.630. The zero-order chi connectivity index (χ0) is 28.1. The molecule has 2 rings (SSSR count). The molecule has 13 heteroatoms. The molecule has 0 radical (unpaired) electrons. The first-order chi connectivity index (χ1) is 18.1. The van der Waals surface area contributed by atoms with E-state index in [1.54, 1.807) is 0 Å². The number of carboxylic acids is 1. The van der Waals surface area contributed by atoms with Crippen molar-refractivity contribution in [1.29, 1.82) is 0 Å². The predicted molar refractivity (Wildman–Crippen MR) is 147 cm³/mol. The molecule has 0 bridgehead atoms. The molecule has 1 aliphatic heterocycles. The normalized spacial score (nSPS) is 17.2. The Hall–Kier alpha value is -3.32. The highest BCUT2D eigenvalue weighted by atomic mass is 32.2. The third-order valence-corrected chi connectivity index (χ3v) is 6.90. The van der Waals surface area contributed by atoms with Crippen LogP contribution in [0.15, 0.2) is 35.3 Å². The summed E-state index contributed by atoms with van der Waals surface area (Å²) in [5.74, 6) is -2.10. The largest absolute Gasteiger partial charge is 0.480 e. The van der Waals surface area contributed by atoms with E-state index in [1.165, 1.54) is 16.7 Å². The van der Waals surface area contributed by atoms with Gasteiger partial charge in [0.05, 0.1) is 6.04 Å². The highest BCUT2D eigenvalue weighted by Gasteiger charge is 2.37. The fourth-order valence-corrected chi connectivity index (χ4v) is 4.75. The van der Waals surface area contributed by atoms with E-state index in [4.69, 9.17) is 17.2 Å². The van der Waals surface area contributed by atoms with Gasteiger partial charge in [-0.15, -0.1) is 0 Å². The Balaban J connectivity index is 2.03. The monoisotopic (exact) mass is 549 g/mol. The summed E-state index contributed by atoms with van der Waals surface area (Å²) < 4.78 is 0. The lowest BCUT2D eigenvalue weighted by molar-refractivity contribution is -0.143. The van der Waals surface area contributed by atoms with Gasteiger partial charge in [0, 0.05) is 13.1 Å². The summed E-state index contributed by atoms with van der Waals surface area (Å²) in [7, 11) is 0. The molecule has 1 aromatic carbocycles. The first kappa shape index (κ1) is 30.9. The van der Waals surface area contributed by atoms with Gasteiger partial charge in [-0.3, -0.25) is 19.4 Å². The van der Waals surface area contributed by atoms with E-state index in [2.05, 4.69) is 15.6 Å². The summed E-state index contributed by atoms with van der Waals surface area (Å²) in [5.41, 5.74) is 17.7. The van der Waals surface area contributed by atoms with Gasteiger partial charge in [-0.25, -0.2) is 4.79 Å². The average molecular weight is 550 g/mol. The second-order valence-electron chi connectivity index (χ2n) is 9.18. The standard InChI is InChI=1S/C25H39N7O5S/c1-38-14-11-18(21(33)31-19(24(36)37)9-5-12-29-25(27)28)30-22(34)20-10-6-13-32(20)23(35)17(26)15-16-7-3-2-4-8-16/h2-4,7-8,17-20H,5-6,9-15,26H2,1H3,(H,30,34)(H,31,33)(H,36,37)(H4,27,28,29). The minimum Gasteiger partial charge on any atom is -0.480 e. The average Bonchev–Trinajstić information content (AvgIpc) is 3.38. The number of nitrogens with two attached hydrogens (primary N) is 3. The molecule has 1 aromatic rings. The fourth-order valence-electron chi connectivity index (χ4n) is 4.28. The molecule has 4 unspecified atom stereocenters. The zero-order valence-corrected chi connectivity index (χ0v) is 22.5. The number of nitrogens with zero attached hydrogens (tertiary/aromatic N) is 2. The zero-order valence-electron chi connectivity index (χ0n) is 21.7. The van der Waals surface area contributed by atoms with Crippen LogP contribution in [0.5, 0.6) is 0 Å². The highest BCUT2D eigenvalue weighted by molar-refractivity contribution is 7.98. The Kier molecular flexibility index (Phi) is 12.9. The van der Waals surface area contributed by atoms with Crippen molar-refractivity contribution in [2.24, 2.45) is 22.2 Å². The van der Waals surface area contributed by atoms with Crippen molar-refractivity contribution >= 4 is 41.4 Å². The number of hydrogen-bond donors (Lipinski definition) is 6. The van der Waals surface area contributed by atoms with Crippen LogP contribution in [0.25, 0.3) is 0 Å². The Bertz CT molecular complexity index is 974. The van der Waals surface area contributed by atoms with E-state index in [1.807, 2.05) is 36.6 Å². The van der Waals surface area contributed by atoms with Gasteiger partial charge in [-0.1, -0.05) is 30.3 Å². The Morgan fingerprint density at radius 1 is 1.13 bits per heavy atom. The Labute approximate surface area is 227 Å². The molecule has 210 valence electrons. The molecule has 3 amide bonds. The number of carbonyl (C=O) groups is 4. The van der Waals surface area contributed by atoms with Crippen LogP contribution in [-0.2, 0) is 25.6 Å². The van der Waals surface area contributed by atoms with Gasteiger partial charge in [0.2, 0.25) is 17.7 Å². The van der Waals surface area contributed by atoms with Crippen LogP contribution in [0.3, 0.4) is 0 Å². The summed E-state index contributed by atoms with van der Waals surface area (Å²) in [6.07, 6.45) is 4.07. The molecule has 0 spiro atoms. The van der Waals surface area contributed by atoms with Crippen molar-refractivity contribution in [2.75, 3.05) is 25.1 Å². The van der Waals surface area contributed by atoms with E-state index in [0.717, 1.165) is 5.56 Å². The first-order valence-corrected chi connectivity index (χ1v) is 14.0. The van der Waals surface area contributed by atoms with Crippen molar-refractivity contribution in [3.8, 4) is 0 Å². The minimum atomic E-state index is -1.20. The molecule has 0 aliphatic carbocycles. The second-order valence-corrected chi connectivity index (χ2v) is 10.2. The molecule has 38 heavy (non-hydrogen) atoms. The number of guanidine groups is 1. The molecule has 9 N–H and O–H groups in total. The topological polar surface area (TPSA) is 206 Å². The number of hydrogen-bond acceptors (Lipinski definition) is 7. The van der Waals surface area contributed by atoms with E-state index in [9.17, 15) is 24.3 Å². The number of benzene rings is 1. The Morgan fingerprint density at radius 2 is 1.84 bits per heavy atom. The van der Waals surface area contributed by atoms with Gasteiger partial charge in [-0.05, 0) is 56.1 Å². The molecule has 0 aromatic heterocycles. The van der Waals surface area contributed by atoms with Crippen molar-refractivity contribution in [3.05, 3.63) is 35.9 Å². The van der Waals surface area contributed by atoms with Gasteiger partial charge >= 0.3 is 5.97 Å². The maximum Gasteiger partial charge on any atom is 0.326 e. The van der Waals surface area contributed by atoms with Crippen molar-refractivity contribution in [3.63, 3.8) is 0 Å². The van der Waals surface area contributed by atoms with Crippen molar-refractivity contribution < 1.29 is 24.3 Å². The van der Waals surface area contributed by atoms with Gasteiger partial charge in [0.1, 0.15) is 18.1 Å². The van der Waals surface area contributed by atoms with Crippen LogP contribution in [0.2, 0.25) is 0 Å². The lowest BCUT2D eigenvalue weighted by Gasteiger charge is -2.28. The molecule has 1 saturated heterocycles. The summed E-state index contributed by atoms with van der Waals surface area (Å²) in [5, 5.41) is 14.8. The van der Waals surface area contributed by atoms with Crippen molar-refractivity contribution in [2.45, 2.75) is 62.7 Å². The minimum absolute atomic E-state index is 0.0961. The number of nitrogens with one attached hydrogen (secondary N) is 2. The molecule has 1 heterocycles. The molecule has 1 aliphatic rings. The van der Waals surface area contributed by atoms with Gasteiger partial charge in [0.15, 0.2) is 5.96 Å². The van der Waals surface area contributed by atoms with Gasteiger partial charge in [0.25, 0.3) is 0 Å². The van der Waals surface area contributed by atoms with Crippen molar-refractivity contribution in [1.82, 2.24) is 15.5 Å². The number of rotatable bonds is 15. The van der Waals surface area contributed by atoms with Crippen LogP contribution in [0.1, 0.15) is 37.7 Å². The molecule has 1 fully saturated rings. The van der Waals surface area contributed by atoms with Crippen LogP contribution in [-0.4, -0.2) is 88.9 Å². The highest BCUT2D eigenvalue weighted by Crippen LogP contribution is 2.20. The number of amides is 3. The predicted octanol–water partition coefficient (Wildman–Crippen LogP) is -0.592. The Morgan fingerprint density at radius 3 is 2.47 bits per heavy atom. The van der Waals surface area contributed by atoms with Gasteiger partial charge < -0.3 is 37.8 Å². The number of thioether (sulfide) groups is 1. The first-order valence-electron chi connectivity index (χ1n) is 12.6. The van der Waals surface area contributed by atoms with E-state index in [-0.39, 0.29) is 24.8 Å². The van der Waals surface area contributed by atoms with Crippen LogP contribution in [0, 0.1) is 0 Å². The number of likely N-dealkylation sites (tertiary alicyclic amines) is 1. The summed E-state index contributed by atoms with van der Waals surface area (Å²) in [6, 6.07) is 5.75. The van der Waals surface area contributed by atoms with Crippen LogP contribution < -0.4 is 27.8 Å². The molecular formula is C25H39N7O5S. The molecule has 12 nitrogen and oxygen atoms in total. The SMILES string of the molecule is CSCCC(NC(=O)C1CCCN1C(=O)C(N)Cc1ccccc1)C(=O)NC(CCCN=C(N)N)C(=O)O. The third kappa shape index (κ3) is 9.86. The maximum absolute atomic E-state index is 13.2. The van der Waals surface area contributed by atoms with E-state index < -0.39 is 42.0 Å². The lowest BCUT2D eigenvalue weighted by Crippen LogP contribution is -2.56. The fraction of sp³-hybridized carbons (Fsp3) is 0.560. The quantitative estimate of drug-likeness (QED) is 0.0937. The second kappa shape index (κ2) is 15.8. The van der Waals surface area contributed by atoms with E-state index in [0.29, 0.717) is 44.4 Å². The molecule has 0 saturated carbocycles. The summed E-state index contributed by atoms with van der Waals surface area (Å²) in [4.78, 5) is 56.3. The lowest BCUT2D eigenvalue weighted by atomic mass is 10.0. The molecular weight excluding hydrogens is 510 g/mol. The molecule has 4 atom stereocenters. The number of carbonyl (C=O) groups excluding carboxylic acids is 3. The van der Waals surface area contributed by atoms with Crippen LogP contribution >= 0.6 is 11.8 Å². The number of aliphatic imine (C=N–C) groups is 1. The van der Waals surface area contributed by atoms with E-state index >= 15 is 0 Å². The third-order valence-electron chi connectivity index (χ3n) is 6.26. The number of aliphatic carboxylic acids is 1. The smallest absolute Gasteiger partial charge is 0.326 e. The maximum atomic E-state index is 13.2. The van der Waals surface area contributed by atoms with Gasteiger partial charge in [-0.2, -0.15) is 11.8 Å². The summed E-state index contributed by atoms with van der Waals surface area (Å²) >= 11 is 1.49. The number of carboxylic acid groups (broad SMARTS) is 1. The van der Waals surface area contributed by atoms with Crippen LogP contribution in [0.4, 0.5) is 0 Å².